The van der Waals surface area contributed by atoms with Crippen LogP contribution in [-0.2, 0) is 16.0 Å². The lowest BCUT2D eigenvalue weighted by molar-refractivity contribution is -0.142. The van der Waals surface area contributed by atoms with Gasteiger partial charge in [-0.3, -0.25) is 9.69 Å². The summed E-state index contributed by atoms with van der Waals surface area (Å²) in [4.78, 5) is 14.0. The molecule has 5 heteroatoms. The molecule has 0 spiro atoms. The molecule has 2 aromatic rings. The van der Waals surface area contributed by atoms with Crippen LogP contribution in [0, 0.1) is 17.1 Å². The predicted octanol–water partition coefficient (Wildman–Crippen LogP) is 4.74. The molecule has 0 N–H and O–H groups in total. The Hall–Kier alpha value is -2.71. The van der Waals surface area contributed by atoms with E-state index in [1.54, 1.807) is 19.1 Å². The van der Waals surface area contributed by atoms with E-state index in [9.17, 15) is 9.18 Å². The smallest absolute Gasteiger partial charge is 0.310 e. The number of hydrogen-bond acceptors (Lipinski definition) is 4. The average Bonchev–Trinajstić information content (AvgIpc) is 2.74. The second-order valence-corrected chi connectivity index (χ2v) is 7.58. The Morgan fingerprint density at radius 2 is 2.07 bits per heavy atom. The SMILES string of the molecule is CCOC(=O)Cc1ccc(C2CCCN(C(C)c3ccc(C#N)cc3F)C2)cc1. The number of ether oxygens (including phenoxy) is 1. The highest BCUT2D eigenvalue weighted by Crippen LogP contribution is 2.33. The van der Waals surface area contributed by atoms with Crippen LogP contribution in [0.5, 0.6) is 0 Å². The number of rotatable bonds is 6. The van der Waals surface area contributed by atoms with E-state index in [1.807, 2.05) is 25.1 Å². The van der Waals surface area contributed by atoms with E-state index in [-0.39, 0.29) is 17.8 Å². The molecule has 0 aromatic heterocycles. The Morgan fingerprint density at radius 3 is 2.72 bits per heavy atom. The third-order valence-corrected chi connectivity index (χ3v) is 5.69. The predicted molar refractivity (Wildman–Crippen MR) is 110 cm³/mol. The van der Waals surface area contributed by atoms with Gasteiger partial charge in [0.15, 0.2) is 0 Å². The Balaban J connectivity index is 1.67. The van der Waals surface area contributed by atoms with Crippen LogP contribution in [0.15, 0.2) is 42.5 Å². The molecule has 1 saturated heterocycles. The topological polar surface area (TPSA) is 53.3 Å². The number of carbonyl (C=O) groups excluding carboxylic acids is 1. The van der Waals surface area contributed by atoms with Gasteiger partial charge in [-0.1, -0.05) is 30.3 Å². The third kappa shape index (κ3) is 5.21. The number of benzene rings is 2. The van der Waals surface area contributed by atoms with Crippen molar-refractivity contribution in [2.45, 2.75) is 45.1 Å². The summed E-state index contributed by atoms with van der Waals surface area (Å²) in [5.41, 5.74) is 3.18. The van der Waals surface area contributed by atoms with Crippen LogP contribution in [0.4, 0.5) is 4.39 Å². The first-order chi connectivity index (χ1) is 14.0. The maximum atomic E-state index is 14.5. The number of piperidine rings is 1. The first kappa shape index (κ1) is 21.0. The molecule has 0 radical (unpaired) electrons. The van der Waals surface area contributed by atoms with Crippen molar-refractivity contribution in [3.05, 3.63) is 70.5 Å². The maximum Gasteiger partial charge on any atom is 0.310 e. The summed E-state index contributed by atoms with van der Waals surface area (Å²) in [5, 5.41) is 8.94. The van der Waals surface area contributed by atoms with Crippen LogP contribution < -0.4 is 0 Å². The lowest BCUT2D eigenvalue weighted by Gasteiger charge is -2.37. The third-order valence-electron chi connectivity index (χ3n) is 5.69. The molecule has 0 amide bonds. The molecule has 2 atom stereocenters. The van der Waals surface area contributed by atoms with Crippen molar-refractivity contribution in [2.24, 2.45) is 0 Å². The van der Waals surface area contributed by atoms with Gasteiger partial charge in [0.25, 0.3) is 0 Å². The fourth-order valence-electron chi connectivity index (χ4n) is 4.05. The van der Waals surface area contributed by atoms with Crippen molar-refractivity contribution < 1.29 is 13.9 Å². The first-order valence-corrected chi connectivity index (χ1v) is 10.2. The molecule has 0 saturated carbocycles. The summed E-state index contributed by atoms with van der Waals surface area (Å²) < 4.78 is 19.5. The van der Waals surface area contributed by atoms with Gasteiger partial charge in [0.2, 0.25) is 0 Å². The van der Waals surface area contributed by atoms with Crippen molar-refractivity contribution in [1.82, 2.24) is 4.90 Å². The number of likely N-dealkylation sites (tertiary alicyclic amines) is 1. The highest BCUT2D eigenvalue weighted by molar-refractivity contribution is 5.72. The molecular weight excluding hydrogens is 367 g/mol. The zero-order chi connectivity index (χ0) is 20.8. The lowest BCUT2D eigenvalue weighted by Crippen LogP contribution is -2.36. The van der Waals surface area contributed by atoms with Crippen molar-refractivity contribution in [2.75, 3.05) is 19.7 Å². The van der Waals surface area contributed by atoms with Crippen molar-refractivity contribution >= 4 is 5.97 Å². The van der Waals surface area contributed by atoms with Crippen LogP contribution >= 0.6 is 0 Å². The number of halogens is 1. The summed E-state index contributed by atoms with van der Waals surface area (Å²) in [7, 11) is 0. The summed E-state index contributed by atoms with van der Waals surface area (Å²) >= 11 is 0. The first-order valence-electron chi connectivity index (χ1n) is 10.2. The van der Waals surface area contributed by atoms with Gasteiger partial charge in [0, 0.05) is 18.2 Å². The minimum Gasteiger partial charge on any atom is -0.466 e. The standard InChI is InChI=1S/C24H27FN2O2/c1-3-29-24(28)14-18-6-9-20(10-7-18)21-5-4-12-27(16-21)17(2)22-11-8-19(15-26)13-23(22)25/h6-11,13,17,21H,3-5,12,14,16H2,1-2H3. The van der Waals surface area contributed by atoms with E-state index in [1.165, 1.54) is 11.6 Å². The zero-order valence-corrected chi connectivity index (χ0v) is 17.0. The van der Waals surface area contributed by atoms with Crippen LogP contribution in [0.2, 0.25) is 0 Å². The van der Waals surface area contributed by atoms with E-state index in [0.717, 1.165) is 31.5 Å². The maximum absolute atomic E-state index is 14.5. The molecule has 1 aliphatic heterocycles. The second-order valence-electron chi connectivity index (χ2n) is 7.58. The molecule has 1 heterocycles. The molecule has 29 heavy (non-hydrogen) atoms. The molecule has 0 bridgehead atoms. The van der Waals surface area contributed by atoms with Crippen LogP contribution in [-0.4, -0.2) is 30.6 Å². The minimum absolute atomic E-state index is 0.0476. The molecule has 3 rings (SSSR count). The number of carbonyl (C=O) groups is 1. The number of hydrogen-bond donors (Lipinski definition) is 0. The van der Waals surface area contributed by atoms with Crippen molar-refractivity contribution in [3.8, 4) is 6.07 Å². The molecule has 0 aliphatic carbocycles. The molecule has 2 unspecified atom stereocenters. The van der Waals surface area contributed by atoms with Gasteiger partial charge in [0.1, 0.15) is 5.82 Å². The number of nitriles is 1. The quantitative estimate of drug-likeness (QED) is 0.664. The molecule has 1 aliphatic rings. The summed E-state index contributed by atoms with van der Waals surface area (Å²) in [6.07, 6.45) is 2.44. The zero-order valence-electron chi connectivity index (χ0n) is 17.0. The van der Waals surface area contributed by atoms with Gasteiger partial charge < -0.3 is 4.74 Å². The molecule has 2 aromatic carbocycles. The minimum atomic E-state index is -0.318. The van der Waals surface area contributed by atoms with Crippen LogP contribution in [0.3, 0.4) is 0 Å². The van der Waals surface area contributed by atoms with E-state index < -0.39 is 0 Å². The van der Waals surface area contributed by atoms with Gasteiger partial charge >= 0.3 is 5.97 Å². The molecule has 1 fully saturated rings. The molecule has 4 nitrogen and oxygen atoms in total. The Bertz CT molecular complexity index is 889. The summed E-state index contributed by atoms with van der Waals surface area (Å²) in [6, 6.07) is 14.8. The van der Waals surface area contributed by atoms with Gasteiger partial charge in [-0.2, -0.15) is 5.26 Å². The fraction of sp³-hybridized carbons (Fsp3) is 0.417. The fourth-order valence-corrected chi connectivity index (χ4v) is 4.05. The van der Waals surface area contributed by atoms with Crippen molar-refractivity contribution in [1.29, 1.82) is 5.26 Å². The second kappa shape index (κ2) is 9.67. The normalized spacial score (nSPS) is 18.1. The van der Waals surface area contributed by atoms with Gasteiger partial charge in [0.05, 0.1) is 24.7 Å². The summed E-state index contributed by atoms with van der Waals surface area (Å²) in [5.74, 6) is -0.145. The number of nitrogens with zero attached hydrogens (tertiary/aromatic N) is 2. The average molecular weight is 394 g/mol. The van der Waals surface area contributed by atoms with E-state index in [2.05, 4.69) is 17.0 Å². The highest BCUT2D eigenvalue weighted by atomic mass is 19.1. The van der Waals surface area contributed by atoms with Crippen LogP contribution in [0.25, 0.3) is 0 Å². The number of esters is 1. The summed E-state index contributed by atoms with van der Waals surface area (Å²) in [6.45, 7) is 6.01. The highest BCUT2D eigenvalue weighted by Gasteiger charge is 2.26. The van der Waals surface area contributed by atoms with Gasteiger partial charge in [-0.25, -0.2) is 4.39 Å². The monoisotopic (exact) mass is 394 g/mol. The Labute approximate surface area is 171 Å². The molecular formula is C24H27FN2O2. The molecule has 152 valence electrons. The Morgan fingerprint density at radius 1 is 1.31 bits per heavy atom. The Kier molecular flexibility index (Phi) is 7.00. The van der Waals surface area contributed by atoms with E-state index in [4.69, 9.17) is 10.00 Å². The van der Waals surface area contributed by atoms with Crippen molar-refractivity contribution in [3.63, 3.8) is 0 Å². The largest absolute Gasteiger partial charge is 0.466 e. The lowest BCUT2D eigenvalue weighted by atomic mass is 9.88. The van der Waals surface area contributed by atoms with Gasteiger partial charge in [-0.15, -0.1) is 0 Å². The van der Waals surface area contributed by atoms with Gasteiger partial charge in [-0.05, 0) is 62.4 Å². The van der Waals surface area contributed by atoms with Crippen LogP contribution in [0.1, 0.15) is 60.9 Å². The van der Waals surface area contributed by atoms with E-state index >= 15 is 0 Å². The van der Waals surface area contributed by atoms with E-state index in [0.29, 0.717) is 30.1 Å².